The predicted octanol–water partition coefficient (Wildman–Crippen LogP) is 4.67. The summed E-state index contributed by atoms with van der Waals surface area (Å²) in [5, 5.41) is 15.2. The summed E-state index contributed by atoms with van der Waals surface area (Å²) in [6, 6.07) is 16.4. The van der Waals surface area contributed by atoms with Crippen molar-refractivity contribution >= 4 is 11.3 Å². The highest BCUT2D eigenvalue weighted by Gasteiger charge is 2.12. The number of rotatable bonds is 5. The summed E-state index contributed by atoms with van der Waals surface area (Å²) in [6.45, 7) is 2.35. The Kier molecular flexibility index (Phi) is 4.99. The third-order valence-electron chi connectivity index (χ3n) is 3.74. The van der Waals surface area contributed by atoms with E-state index < -0.39 is 0 Å². The van der Waals surface area contributed by atoms with Gasteiger partial charge in [0.1, 0.15) is 10.8 Å². The summed E-state index contributed by atoms with van der Waals surface area (Å²) in [5.41, 5.74) is 2.98. The molecule has 1 N–H and O–H groups in total. The average Bonchev–Trinajstić information content (AvgIpc) is 3.12. The highest BCUT2D eigenvalue weighted by Crippen LogP contribution is 2.25. The van der Waals surface area contributed by atoms with Crippen molar-refractivity contribution in [3.05, 3.63) is 75.9 Å². The van der Waals surface area contributed by atoms with E-state index in [-0.39, 0.29) is 11.9 Å². The molecule has 1 heterocycles. The molecule has 0 aliphatic heterocycles. The van der Waals surface area contributed by atoms with Crippen LogP contribution in [-0.2, 0) is 6.54 Å². The van der Waals surface area contributed by atoms with E-state index in [9.17, 15) is 4.39 Å². The van der Waals surface area contributed by atoms with Crippen molar-refractivity contribution < 1.29 is 4.39 Å². The van der Waals surface area contributed by atoms with Gasteiger partial charge in [-0.15, -0.1) is 11.3 Å². The van der Waals surface area contributed by atoms with Crippen LogP contribution in [-0.4, -0.2) is 4.98 Å². The minimum atomic E-state index is -0.308. The second-order valence-corrected chi connectivity index (χ2v) is 6.35. The maximum atomic E-state index is 13.8. The van der Waals surface area contributed by atoms with E-state index in [1.165, 1.54) is 12.1 Å². The van der Waals surface area contributed by atoms with Gasteiger partial charge in [0, 0.05) is 23.1 Å². The van der Waals surface area contributed by atoms with Crippen LogP contribution in [0.3, 0.4) is 0 Å². The molecule has 1 unspecified atom stereocenters. The second-order valence-electron chi connectivity index (χ2n) is 5.46. The van der Waals surface area contributed by atoms with Gasteiger partial charge in [-0.1, -0.05) is 30.3 Å². The fourth-order valence-corrected chi connectivity index (χ4v) is 3.22. The molecule has 3 nitrogen and oxygen atoms in total. The van der Waals surface area contributed by atoms with Crippen molar-refractivity contribution in [1.82, 2.24) is 10.3 Å². The molecule has 0 saturated carbocycles. The number of hydrogen-bond donors (Lipinski definition) is 1. The van der Waals surface area contributed by atoms with E-state index >= 15 is 0 Å². The van der Waals surface area contributed by atoms with Crippen LogP contribution in [0.2, 0.25) is 0 Å². The lowest BCUT2D eigenvalue weighted by atomic mass is 10.1. The Bertz CT molecular complexity index is 868. The van der Waals surface area contributed by atoms with Gasteiger partial charge < -0.3 is 5.32 Å². The number of nitrogens with zero attached hydrogens (tertiary/aromatic N) is 2. The van der Waals surface area contributed by atoms with Crippen LogP contribution in [0.5, 0.6) is 0 Å². The van der Waals surface area contributed by atoms with Gasteiger partial charge in [0.15, 0.2) is 0 Å². The molecule has 0 bridgehead atoms. The largest absolute Gasteiger partial charge is 0.304 e. The van der Waals surface area contributed by atoms with Gasteiger partial charge >= 0.3 is 0 Å². The minimum Gasteiger partial charge on any atom is -0.304 e. The highest BCUT2D eigenvalue weighted by atomic mass is 32.1. The SMILES string of the molecule is CC(NCc1cc(C#N)ccc1F)c1nc(-c2ccccc2)cs1. The lowest BCUT2D eigenvalue weighted by Gasteiger charge is -2.12. The molecular weight excluding hydrogens is 321 g/mol. The first-order chi connectivity index (χ1) is 11.7. The van der Waals surface area contributed by atoms with Crippen LogP contribution in [0.15, 0.2) is 53.9 Å². The molecule has 3 aromatic rings. The van der Waals surface area contributed by atoms with Crippen molar-refractivity contribution in [1.29, 1.82) is 5.26 Å². The topological polar surface area (TPSA) is 48.7 Å². The molecule has 0 radical (unpaired) electrons. The van der Waals surface area contributed by atoms with Crippen LogP contribution in [0.1, 0.15) is 29.1 Å². The van der Waals surface area contributed by atoms with Gasteiger partial charge in [0.05, 0.1) is 23.4 Å². The van der Waals surface area contributed by atoms with Crippen molar-refractivity contribution in [3.63, 3.8) is 0 Å². The van der Waals surface area contributed by atoms with Crippen LogP contribution < -0.4 is 5.32 Å². The molecule has 0 aliphatic rings. The summed E-state index contributed by atoms with van der Waals surface area (Å²) in [5.74, 6) is -0.308. The summed E-state index contributed by atoms with van der Waals surface area (Å²) < 4.78 is 13.8. The summed E-state index contributed by atoms with van der Waals surface area (Å²) in [7, 11) is 0. The molecule has 120 valence electrons. The molecule has 5 heteroatoms. The van der Waals surface area contributed by atoms with Crippen LogP contribution in [0, 0.1) is 17.1 Å². The number of nitrogens with one attached hydrogen (secondary N) is 1. The first kappa shape index (κ1) is 16.3. The Morgan fingerprint density at radius 3 is 2.79 bits per heavy atom. The van der Waals surface area contributed by atoms with Crippen molar-refractivity contribution in [2.75, 3.05) is 0 Å². The van der Waals surface area contributed by atoms with E-state index in [2.05, 4.69) is 10.3 Å². The quantitative estimate of drug-likeness (QED) is 0.736. The summed E-state index contributed by atoms with van der Waals surface area (Å²) in [4.78, 5) is 4.66. The Morgan fingerprint density at radius 2 is 2.04 bits per heavy atom. The maximum Gasteiger partial charge on any atom is 0.127 e. The van der Waals surface area contributed by atoms with Crippen molar-refractivity contribution in [2.24, 2.45) is 0 Å². The standard InChI is InChI=1S/C19H16FN3S/c1-13(22-11-16-9-14(10-21)7-8-17(16)20)19-23-18(12-24-19)15-5-3-2-4-6-15/h2-9,12-13,22H,11H2,1H3. The van der Waals surface area contributed by atoms with Gasteiger partial charge in [0.25, 0.3) is 0 Å². The van der Waals surface area contributed by atoms with Crippen LogP contribution in [0.25, 0.3) is 11.3 Å². The van der Waals surface area contributed by atoms with E-state index in [4.69, 9.17) is 5.26 Å². The number of benzene rings is 2. The third kappa shape index (κ3) is 3.67. The van der Waals surface area contributed by atoms with E-state index in [0.717, 1.165) is 16.3 Å². The summed E-state index contributed by atoms with van der Waals surface area (Å²) >= 11 is 1.58. The second kappa shape index (κ2) is 7.35. The van der Waals surface area contributed by atoms with Gasteiger partial charge in [-0.25, -0.2) is 9.37 Å². The van der Waals surface area contributed by atoms with Gasteiger partial charge in [-0.2, -0.15) is 5.26 Å². The zero-order chi connectivity index (χ0) is 16.9. The fraction of sp³-hybridized carbons (Fsp3) is 0.158. The Balaban J connectivity index is 1.69. The lowest BCUT2D eigenvalue weighted by Crippen LogP contribution is -2.18. The predicted molar refractivity (Wildman–Crippen MR) is 93.9 cm³/mol. The molecule has 1 atom stereocenters. The van der Waals surface area contributed by atoms with Gasteiger partial charge in [-0.3, -0.25) is 0 Å². The third-order valence-corrected chi connectivity index (χ3v) is 4.76. The summed E-state index contributed by atoms with van der Waals surface area (Å²) in [6.07, 6.45) is 0. The molecule has 1 aromatic heterocycles. The molecule has 0 spiro atoms. The van der Waals surface area contributed by atoms with Gasteiger partial charge in [0.2, 0.25) is 0 Å². The van der Waals surface area contributed by atoms with E-state index in [1.807, 2.05) is 48.7 Å². The Labute approximate surface area is 144 Å². The van der Waals surface area contributed by atoms with Crippen LogP contribution in [0.4, 0.5) is 4.39 Å². The average molecular weight is 337 g/mol. The number of nitriles is 1. The number of halogens is 1. The highest BCUT2D eigenvalue weighted by molar-refractivity contribution is 7.10. The lowest BCUT2D eigenvalue weighted by molar-refractivity contribution is 0.542. The molecule has 0 saturated heterocycles. The molecule has 0 aliphatic carbocycles. The normalized spacial score (nSPS) is 11.9. The maximum absolute atomic E-state index is 13.8. The van der Waals surface area contributed by atoms with Crippen molar-refractivity contribution in [2.45, 2.75) is 19.5 Å². The smallest absolute Gasteiger partial charge is 0.127 e. The molecule has 2 aromatic carbocycles. The Morgan fingerprint density at radius 1 is 1.25 bits per heavy atom. The molecular formula is C19H16FN3S. The fourth-order valence-electron chi connectivity index (χ4n) is 2.36. The minimum absolute atomic E-state index is 0.00222. The van der Waals surface area contributed by atoms with E-state index in [1.54, 1.807) is 17.4 Å². The zero-order valence-electron chi connectivity index (χ0n) is 13.2. The zero-order valence-corrected chi connectivity index (χ0v) is 14.0. The monoisotopic (exact) mass is 337 g/mol. The number of aromatic nitrogens is 1. The molecule has 3 rings (SSSR count). The molecule has 0 fully saturated rings. The van der Waals surface area contributed by atoms with E-state index in [0.29, 0.717) is 17.7 Å². The molecule has 24 heavy (non-hydrogen) atoms. The first-order valence-corrected chi connectivity index (χ1v) is 8.48. The van der Waals surface area contributed by atoms with Crippen LogP contribution >= 0.6 is 11.3 Å². The number of thiazole rings is 1. The van der Waals surface area contributed by atoms with Gasteiger partial charge in [-0.05, 0) is 25.1 Å². The Hall–Kier alpha value is -2.55. The van der Waals surface area contributed by atoms with Crippen molar-refractivity contribution in [3.8, 4) is 17.3 Å². The first-order valence-electron chi connectivity index (χ1n) is 7.60. The molecule has 0 amide bonds. The number of hydrogen-bond acceptors (Lipinski definition) is 4.